The summed E-state index contributed by atoms with van der Waals surface area (Å²) in [6.07, 6.45) is 0. The van der Waals surface area contributed by atoms with Gasteiger partial charge in [-0.3, -0.25) is 4.79 Å². The Morgan fingerprint density at radius 1 is 1.58 bits per heavy atom. The predicted molar refractivity (Wildman–Crippen MR) is 58.6 cm³/mol. The highest BCUT2D eigenvalue weighted by molar-refractivity contribution is 14.1. The van der Waals surface area contributed by atoms with Gasteiger partial charge in [-0.1, -0.05) is 11.6 Å². The molecule has 0 aliphatic carbocycles. The van der Waals surface area contributed by atoms with Gasteiger partial charge in [0.1, 0.15) is 0 Å². The number of carbonyl (C=O) groups excluding carboxylic acids is 1. The molecule has 2 N–H and O–H groups in total. The molecule has 2 nitrogen and oxygen atoms in total. The lowest BCUT2D eigenvalue weighted by Gasteiger charge is -2.04. The first-order chi connectivity index (χ1) is 5.52. The van der Waals surface area contributed by atoms with E-state index in [1.54, 1.807) is 12.1 Å². The minimum Gasteiger partial charge on any atom is -0.398 e. The zero-order valence-electron chi connectivity index (χ0n) is 6.40. The molecule has 0 spiro atoms. The molecule has 0 atom stereocenters. The molecule has 1 aromatic rings. The lowest BCUT2D eigenvalue weighted by molar-refractivity contribution is 0.101. The summed E-state index contributed by atoms with van der Waals surface area (Å²) in [5.74, 6) is -0.0198. The summed E-state index contributed by atoms with van der Waals surface area (Å²) in [6.45, 7) is 1.49. The molecule has 0 bridgehead atoms. The van der Waals surface area contributed by atoms with E-state index < -0.39 is 0 Å². The number of nitrogens with two attached hydrogens (primary N) is 1. The monoisotopic (exact) mass is 295 g/mol. The van der Waals surface area contributed by atoms with Gasteiger partial charge >= 0.3 is 0 Å². The minimum absolute atomic E-state index is 0.0198. The number of hydrogen-bond donors (Lipinski definition) is 1. The number of hydrogen-bond acceptors (Lipinski definition) is 2. The standard InChI is InChI=1S/C8H7ClINO/c1-4(12)6-2-5(9)3-7(11)8(6)10/h2-3H,11H2,1H3. The first-order valence-electron chi connectivity index (χ1n) is 3.28. The van der Waals surface area contributed by atoms with E-state index in [1.165, 1.54) is 6.92 Å². The Morgan fingerprint density at radius 2 is 2.17 bits per heavy atom. The van der Waals surface area contributed by atoms with Gasteiger partial charge in [0.2, 0.25) is 0 Å². The van der Waals surface area contributed by atoms with Crippen LogP contribution in [0.5, 0.6) is 0 Å². The summed E-state index contributed by atoms with van der Waals surface area (Å²) in [4.78, 5) is 11.1. The van der Waals surface area contributed by atoms with Crippen molar-refractivity contribution in [2.45, 2.75) is 6.92 Å². The van der Waals surface area contributed by atoms with Crippen molar-refractivity contribution in [3.05, 3.63) is 26.3 Å². The van der Waals surface area contributed by atoms with Gasteiger partial charge in [-0.2, -0.15) is 0 Å². The van der Waals surface area contributed by atoms with Crippen molar-refractivity contribution in [1.82, 2.24) is 0 Å². The third kappa shape index (κ3) is 1.90. The topological polar surface area (TPSA) is 43.1 Å². The maximum atomic E-state index is 11.1. The van der Waals surface area contributed by atoms with Crippen LogP contribution in [0.1, 0.15) is 17.3 Å². The van der Waals surface area contributed by atoms with Gasteiger partial charge in [-0.15, -0.1) is 0 Å². The van der Waals surface area contributed by atoms with Crippen LogP contribution in [0.2, 0.25) is 5.02 Å². The number of rotatable bonds is 1. The first-order valence-corrected chi connectivity index (χ1v) is 4.73. The number of anilines is 1. The molecule has 0 amide bonds. The third-order valence-corrected chi connectivity index (χ3v) is 2.87. The maximum absolute atomic E-state index is 11.1. The molecule has 0 radical (unpaired) electrons. The molecule has 4 heteroatoms. The largest absolute Gasteiger partial charge is 0.398 e. The fourth-order valence-corrected chi connectivity index (χ4v) is 1.78. The molecule has 0 aliphatic rings. The Bertz CT molecular complexity index is 338. The quantitative estimate of drug-likeness (QED) is 0.492. The Kier molecular flexibility index (Phi) is 2.95. The Hall–Kier alpha value is -0.290. The van der Waals surface area contributed by atoms with E-state index in [-0.39, 0.29) is 5.78 Å². The van der Waals surface area contributed by atoms with Crippen molar-refractivity contribution < 1.29 is 4.79 Å². The summed E-state index contributed by atoms with van der Waals surface area (Å²) >= 11 is 7.76. The van der Waals surface area contributed by atoms with E-state index in [4.69, 9.17) is 17.3 Å². The molecule has 0 saturated carbocycles. The van der Waals surface area contributed by atoms with E-state index >= 15 is 0 Å². The minimum atomic E-state index is -0.0198. The number of benzene rings is 1. The highest BCUT2D eigenvalue weighted by Gasteiger charge is 2.08. The molecule has 0 aromatic heterocycles. The SMILES string of the molecule is CC(=O)c1cc(Cl)cc(N)c1I. The molecule has 0 aliphatic heterocycles. The van der Waals surface area contributed by atoms with Crippen LogP contribution >= 0.6 is 34.2 Å². The number of Topliss-reactive ketones (excluding diaryl/α,β-unsaturated/α-hetero) is 1. The molecule has 64 valence electrons. The fourth-order valence-electron chi connectivity index (χ4n) is 0.867. The zero-order chi connectivity index (χ0) is 9.30. The number of nitrogen functional groups attached to an aromatic ring is 1. The van der Waals surface area contributed by atoms with Crippen LogP contribution in [0.25, 0.3) is 0 Å². The molecular formula is C8H7ClINO. The van der Waals surface area contributed by atoms with Crippen LogP contribution < -0.4 is 5.73 Å². The van der Waals surface area contributed by atoms with Crippen LogP contribution in [0.3, 0.4) is 0 Å². The molecule has 0 saturated heterocycles. The van der Waals surface area contributed by atoms with Gasteiger partial charge < -0.3 is 5.73 Å². The fraction of sp³-hybridized carbons (Fsp3) is 0.125. The van der Waals surface area contributed by atoms with Crippen LogP contribution in [0.4, 0.5) is 5.69 Å². The molecular weight excluding hydrogens is 288 g/mol. The molecule has 0 unspecified atom stereocenters. The summed E-state index contributed by atoms with van der Waals surface area (Å²) in [5, 5.41) is 0.498. The maximum Gasteiger partial charge on any atom is 0.160 e. The predicted octanol–water partition coefficient (Wildman–Crippen LogP) is 2.73. The summed E-state index contributed by atoms with van der Waals surface area (Å²) in [6, 6.07) is 3.26. The highest BCUT2D eigenvalue weighted by atomic mass is 127. The second kappa shape index (κ2) is 3.62. The number of ketones is 1. The first kappa shape index (κ1) is 9.80. The molecule has 1 rings (SSSR count). The van der Waals surface area contributed by atoms with Gasteiger partial charge in [0.25, 0.3) is 0 Å². The van der Waals surface area contributed by atoms with E-state index in [2.05, 4.69) is 0 Å². The number of carbonyl (C=O) groups is 1. The Labute approximate surface area is 89.2 Å². The van der Waals surface area contributed by atoms with Crippen molar-refractivity contribution in [3.8, 4) is 0 Å². The molecule has 1 aromatic carbocycles. The molecule has 0 fully saturated rings. The summed E-state index contributed by atoms with van der Waals surface area (Å²) in [5.41, 5.74) is 6.75. The van der Waals surface area contributed by atoms with Crippen LogP contribution in [-0.4, -0.2) is 5.78 Å². The van der Waals surface area contributed by atoms with Gasteiger partial charge in [0.15, 0.2) is 5.78 Å². The van der Waals surface area contributed by atoms with Gasteiger partial charge in [0, 0.05) is 19.8 Å². The molecule has 0 heterocycles. The average molecular weight is 296 g/mol. The lowest BCUT2D eigenvalue weighted by atomic mass is 10.1. The van der Waals surface area contributed by atoms with Crippen molar-refractivity contribution in [1.29, 1.82) is 0 Å². The van der Waals surface area contributed by atoms with Crippen molar-refractivity contribution >= 4 is 45.7 Å². The van der Waals surface area contributed by atoms with E-state index in [0.29, 0.717) is 16.3 Å². The van der Waals surface area contributed by atoms with Crippen LogP contribution in [0.15, 0.2) is 12.1 Å². The van der Waals surface area contributed by atoms with E-state index in [9.17, 15) is 4.79 Å². The molecule has 12 heavy (non-hydrogen) atoms. The second-order valence-corrected chi connectivity index (χ2v) is 3.93. The van der Waals surface area contributed by atoms with E-state index in [1.807, 2.05) is 22.6 Å². The lowest BCUT2D eigenvalue weighted by Crippen LogP contribution is -2.00. The average Bonchev–Trinajstić information content (AvgIpc) is 1.96. The normalized spacial score (nSPS) is 9.92. The van der Waals surface area contributed by atoms with Crippen molar-refractivity contribution in [2.75, 3.05) is 5.73 Å². The van der Waals surface area contributed by atoms with Crippen LogP contribution in [-0.2, 0) is 0 Å². The zero-order valence-corrected chi connectivity index (χ0v) is 9.31. The highest BCUT2D eigenvalue weighted by Crippen LogP contribution is 2.24. The summed E-state index contributed by atoms with van der Waals surface area (Å²) < 4.78 is 0.768. The second-order valence-electron chi connectivity index (χ2n) is 2.41. The van der Waals surface area contributed by atoms with Gasteiger partial charge in [-0.05, 0) is 41.6 Å². The van der Waals surface area contributed by atoms with E-state index in [0.717, 1.165) is 3.57 Å². The Morgan fingerprint density at radius 3 is 2.67 bits per heavy atom. The summed E-state index contributed by atoms with van der Waals surface area (Å²) in [7, 11) is 0. The smallest absolute Gasteiger partial charge is 0.160 e. The van der Waals surface area contributed by atoms with Crippen molar-refractivity contribution in [3.63, 3.8) is 0 Å². The van der Waals surface area contributed by atoms with Crippen molar-refractivity contribution in [2.24, 2.45) is 0 Å². The van der Waals surface area contributed by atoms with Gasteiger partial charge in [-0.25, -0.2) is 0 Å². The van der Waals surface area contributed by atoms with Crippen LogP contribution in [0, 0.1) is 3.57 Å². The van der Waals surface area contributed by atoms with Gasteiger partial charge in [0.05, 0.1) is 0 Å². The number of halogens is 2. The Balaban J connectivity index is 3.37. The third-order valence-electron chi connectivity index (χ3n) is 1.44.